The first-order chi connectivity index (χ1) is 8.57. The van der Waals surface area contributed by atoms with Crippen LogP contribution in [-0.2, 0) is 6.42 Å². The van der Waals surface area contributed by atoms with Crippen molar-refractivity contribution in [3.8, 4) is 5.75 Å². The number of hydrogen-bond donors (Lipinski definition) is 0. The van der Waals surface area contributed by atoms with Crippen LogP contribution in [0.3, 0.4) is 0 Å². The normalized spacial score (nSPS) is 24.2. The maximum absolute atomic E-state index is 6.68. The summed E-state index contributed by atoms with van der Waals surface area (Å²) in [4.78, 5) is 0. The van der Waals surface area contributed by atoms with Crippen LogP contribution in [0.1, 0.15) is 57.2 Å². The Morgan fingerprint density at radius 3 is 2.56 bits per heavy atom. The lowest BCUT2D eigenvalue weighted by molar-refractivity contribution is 0.502. The molecule has 0 saturated heterocycles. The topological polar surface area (TPSA) is 9.23 Å². The van der Waals surface area contributed by atoms with Gasteiger partial charge < -0.3 is 4.43 Å². The number of hydrogen-bond acceptors (Lipinski definition) is 1. The first kappa shape index (κ1) is 12.3. The molecule has 0 amide bonds. The fourth-order valence-electron chi connectivity index (χ4n) is 4.35. The van der Waals surface area contributed by atoms with E-state index in [0.29, 0.717) is 11.1 Å². The van der Waals surface area contributed by atoms with Crippen molar-refractivity contribution in [1.29, 1.82) is 0 Å². The second-order valence-electron chi connectivity index (χ2n) is 6.54. The minimum atomic E-state index is -1.70. The average Bonchev–Trinajstić information content (AvgIpc) is 2.68. The molecule has 0 radical (unpaired) electrons. The van der Waals surface area contributed by atoms with Crippen molar-refractivity contribution < 1.29 is 4.43 Å². The number of benzene rings is 1. The van der Waals surface area contributed by atoms with E-state index in [9.17, 15) is 0 Å². The molecular weight excluding hydrogens is 236 g/mol. The Hall–Kier alpha value is -0.763. The molecule has 1 aliphatic heterocycles. The van der Waals surface area contributed by atoms with Gasteiger partial charge in [-0.25, -0.2) is 0 Å². The summed E-state index contributed by atoms with van der Waals surface area (Å²) in [6.45, 7) is 9.53. The van der Waals surface area contributed by atoms with E-state index in [4.69, 9.17) is 4.43 Å². The van der Waals surface area contributed by atoms with Gasteiger partial charge in [0.2, 0.25) is 0 Å². The third-order valence-electron chi connectivity index (χ3n) is 5.08. The van der Waals surface area contributed by atoms with Crippen LogP contribution in [-0.4, -0.2) is 8.32 Å². The van der Waals surface area contributed by atoms with Gasteiger partial charge in [-0.15, -0.1) is 0 Å². The predicted molar refractivity (Wildman–Crippen MR) is 78.7 cm³/mol. The standard InChI is InChI=1S/C16H24OSi/c1-11(2)18(12(3)4)15-10-6-8-13-7-5-9-14(17-18)16(13)15/h5,7,9,11-12,15H,6,8,10H2,1-4H3. The Morgan fingerprint density at radius 2 is 1.89 bits per heavy atom. The number of rotatable bonds is 2. The molecule has 98 valence electrons. The van der Waals surface area contributed by atoms with Crippen LogP contribution in [0.4, 0.5) is 0 Å². The summed E-state index contributed by atoms with van der Waals surface area (Å²) in [5.41, 5.74) is 5.30. The third-order valence-corrected chi connectivity index (χ3v) is 10.9. The molecule has 0 bridgehead atoms. The van der Waals surface area contributed by atoms with Crippen LogP contribution in [0.25, 0.3) is 0 Å². The van der Waals surface area contributed by atoms with Gasteiger partial charge in [0.25, 0.3) is 8.32 Å². The fraction of sp³-hybridized carbons (Fsp3) is 0.625. The summed E-state index contributed by atoms with van der Waals surface area (Å²) in [7, 11) is -1.70. The highest BCUT2D eigenvalue weighted by Gasteiger charge is 2.56. The quantitative estimate of drug-likeness (QED) is 0.694. The summed E-state index contributed by atoms with van der Waals surface area (Å²) in [6, 6.07) is 6.71. The molecule has 2 aliphatic rings. The van der Waals surface area contributed by atoms with Gasteiger partial charge in [0.15, 0.2) is 0 Å². The molecular formula is C16H24OSi. The zero-order chi connectivity index (χ0) is 12.9. The molecule has 0 fully saturated rings. The van der Waals surface area contributed by atoms with Gasteiger partial charge in [-0.05, 0) is 47.5 Å². The lowest BCUT2D eigenvalue weighted by atomic mass is 9.90. The Kier molecular flexibility index (Phi) is 2.81. The summed E-state index contributed by atoms with van der Waals surface area (Å²) >= 11 is 0. The zero-order valence-corrected chi connectivity index (χ0v) is 13.0. The predicted octanol–water partition coefficient (Wildman–Crippen LogP) is 4.80. The van der Waals surface area contributed by atoms with Crippen LogP contribution in [0.2, 0.25) is 11.1 Å². The largest absolute Gasteiger partial charge is 0.542 e. The first-order valence-corrected chi connectivity index (χ1v) is 9.52. The lowest BCUT2D eigenvalue weighted by Gasteiger charge is -2.40. The molecule has 2 heteroatoms. The molecule has 0 saturated carbocycles. The Bertz CT molecular complexity index is 456. The Balaban J connectivity index is 2.16. The summed E-state index contributed by atoms with van der Waals surface area (Å²) in [5, 5.41) is 0. The molecule has 0 aromatic heterocycles. The van der Waals surface area contributed by atoms with Crippen LogP contribution in [0.5, 0.6) is 5.75 Å². The molecule has 1 aromatic carbocycles. The molecule has 18 heavy (non-hydrogen) atoms. The first-order valence-electron chi connectivity index (χ1n) is 7.38. The second kappa shape index (κ2) is 4.12. The van der Waals surface area contributed by atoms with E-state index in [-0.39, 0.29) is 0 Å². The van der Waals surface area contributed by atoms with Gasteiger partial charge >= 0.3 is 0 Å². The molecule has 1 aromatic rings. The maximum atomic E-state index is 6.68. The minimum Gasteiger partial charge on any atom is -0.542 e. The van der Waals surface area contributed by atoms with E-state index in [1.807, 2.05) is 0 Å². The van der Waals surface area contributed by atoms with Crippen LogP contribution >= 0.6 is 0 Å². The van der Waals surface area contributed by atoms with E-state index in [0.717, 1.165) is 5.54 Å². The van der Waals surface area contributed by atoms with Gasteiger partial charge in [0, 0.05) is 5.54 Å². The van der Waals surface area contributed by atoms with Crippen molar-refractivity contribution in [2.75, 3.05) is 0 Å². The van der Waals surface area contributed by atoms with Crippen LogP contribution < -0.4 is 4.43 Å². The fourth-order valence-corrected chi connectivity index (χ4v) is 9.90. The van der Waals surface area contributed by atoms with Gasteiger partial charge in [0.1, 0.15) is 5.75 Å². The van der Waals surface area contributed by atoms with Crippen molar-refractivity contribution >= 4 is 8.32 Å². The minimum absolute atomic E-state index is 0.695. The van der Waals surface area contributed by atoms with Crippen molar-refractivity contribution in [3.63, 3.8) is 0 Å². The Labute approximate surface area is 112 Å². The molecule has 3 rings (SSSR count). The highest BCUT2D eigenvalue weighted by atomic mass is 28.4. The summed E-state index contributed by atoms with van der Waals surface area (Å²) < 4.78 is 6.68. The molecule has 0 spiro atoms. The van der Waals surface area contributed by atoms with E-state index in [1.54, 1.807) is 11.1 Å². The molecule has 1 nitrogen and oxygen atoms in total. The maximum Gasteiger partial charge on any atom is 0.263 e. The van der Waals surface area contributed by atoms with Crippen molar-refractivity contribution in [1.82, 2.24) is 0 Å². The Morgan fingerprint density at radius 1 is 1.17 bits per heavy atom. The number of aryl methyl sites for hydroxylation is 1. The van der Waals surface area contributed by atoms with E-state index in [2.05, 4.69) is 45.9 Å². The van der Waals surface area contributed by atoms with E-state index < -0.39 is 8.32 Å². The summed E-state index contributed by atoms with van der Waals surface area (Å²) in [5.74, 6) is 1.23. The van der Waals surface area contributed by atoms with Crippen molar-refractivity contribution in [2.24, 2.45) is 0 Å². The van der Waals surface area contributed by atoms with Crippen molar-refractivity contribution in [3.05, 3.63) is 29.3 Å². The van der Waals surface area contributed by atoms with Gasteiger partial charge in [-0.3, -0.25) is 0 Å². The van der Waals surface area contributed by atoms with Gasteiger partial charge in [0.05, 0.1) is 0 Å². The smallest absolute Gasteiger partial charge is 0.263 e. The second-order valence-corrected chi connectivity index (χ2v) is 11.5. The van der Waals surface area contributed by atoms with Crippen molar-refractivity contribution in [2.45, 2.75) is 63.6 Å². The highest BCUT2D eigenvalue weighted by Crippen LogP contribution is 2.56. The molecule has 1 unspecified atom stereocenters. The molecule has 0 N–H and O–H groups in total. The lowest BCUT2D eigenvalue weighted by Crippen LogP contribution is -2.50. The van der Waals surface area contributed by atoms with Gasteiger partial charge in [-0.1, -0.05) is 39.8 Å². The molecule has 1 atom stereocenters. The summed E-state index contributed by atoms with van der Waals surface area (Å²) in [6.07, 6.45) is 3.95. The third kappa shape index (κ3) is 1.44. The average molecular weight is 260 g/mol. The monoisotopic (exact) mass is 260 g/mol. The zero-order valence-electron chi connectivity index (χ0n) is 12.0. The van der Waals surface area contributed by atoms with Gasteiger partial charge in [-0.2, -0.15) is 0 Å². The SMILES string of the molecule is CC(C)[Si]1(C(C)C)Oc2cccc3c2C1CCC3. The van der Waals surface area contributed by atoms with Crippen LogP contribution in [0, 0.1) is 0 Å². The van der Waals surface area contributed by atoms with E-state index in [1.165, 1.54) is 25.0 Å². The van der Waals surface area contributed by atoms with E-state index >= 15 is 0 Å². The molecule has 1 aliphatic carbocycles. The highest BCUT2D eigenvalue weighted by molar-refractivity contribution is 6.79. The van der Waals surface area contributed by atoms with Crippen LogP contribution in [0.15, 0.2) is 18.2 Å². The molecule has 1 heterocycles.